The third kappa shape index (κ3) is 2.11. The van der Waals surface area contributed by atoms with Crippen molar-refractivity contribution < 1.29 is 13.2 Å². The number of rotatable bonds is 1. The molecule has 3 heteroatoms. The van der Waals surface area contributed by atoms with Crippen molar-refractivity contribution in [2.24, 2.45) is 5.41 Å². The van der Waals surface area contributed by atoms with Gasteiger partial charge in [0.15, 0.2) is 0 Å². The average Bonchev–Trinajstić information content (AvgIpc) is 2.69. The van der Waals surface area contributed by atoms with E-state index in [-0.39, 0.29) is 6.42 Å². The molecule has 0 N–H and O–H groups in total. The van der Waals surface area contributed by atoms with Gasteiger partial charge in [0, 0.05) is 0 Å². The molecule has 0 radical (unpaired) electrons. The van der Waals surface area contributed by atoms with Gasteiger partial charge in [-0.05, 0) is 19.3 Å². The van der Waals surface area contributed by atoms with Crippen LogP contribution in [0.4, 0.5) is 13.2 Å². The van der Waals surface area contributed by atoms with Crippen LogP contribution in [0.25, 0.3) is 0 Å². The first-order valence-corrected chi connectivity index (χ1v) is 4.08. The molecule has 0 aliphatic heterocycles. The smallest absolute Gasteiger partial charge is 0.171 e. The van der Waals surface area contributed by atoms with Gasteiger partial charge in [-0.1, -0.05) is 20.8 Å². The molecule has 0 bridgehead atoms. The summed E-state index contributed by atoms with van der Waals surface area (Å²) in [5.41, 5.74) is -1.27. The van der Waals surface area contributed by atoms with Crippen LogP contribution in [0.3, 0.4) is 0 Å². The second-order valence-corrected chi connectivity index (χ2v) is 2.63. The van der Waals surface area contributed by atoms with E-state index in [1.807, 2.05) is 13.8 Å². The molecule has 0 unspecified atom stereocenters. The fourth-order valence-electron chi connectivity index (χ4n) is 0.988. The van der Waals surface area contributed by atoms with Gasteiger partial charge in [0.05, 0.1) is 5.41 Å². The average molecular weight is 168 g/mol. The molecule has 0 atom stereocenters. The third-order valence-corrected chi connectivity index (χ3v) is 2.13. The first kappa shape index (κ1) is 10.8. The van der Waals surface area contributed by atoms with Crippen molar-refractivity contribution in [2.45, 2.75) is 46.2 Å². The molecule has 1 fully saturated rings. The standard InChI is InChI=1S/C6H9F3.C2H6/c1-2-5(3-4-5)6(7,8)9;1-2/h2-4H2,1H3;1-2H3. The Kier molecular flexibility index (Phi) is 3.39. The van der Waals surface area contributed by atoms with Crippen LogP contribution in [0.1, 0.15) is 40.0 Å². The van der Waals surface area contributed by atoms with Crippen molar-refractivity contribution in [3.63, 3.8) is 0 Å². The molecule has 68 valence electrons. The van der Waals surface area contributed by atoms with E-state index in [1.54, 1.807) is 6.92 Å². The second kappa shape index (κ2) is 3.46. The summed E-state index contributed by atoms with van der Waals surface area (Å²) in [6, 6.07) is 0. The minimum absolute atomic E-state index is 0.247. The lowest BCUT2D eigenvalue weighted by atomic mass is 10.0. The SMILES string of the molecule is CC.CCC1(C(F)(F)F)CC1. The summed E-state index contributed by atoms with van der Waals surface area (Å²) >= 11 is 0. The summed E-state index contributed by atoms with van der Waals surface area (Å²) in [7, 11) is 0. The molecule has 0 aromatic heterocycles. The highest BCUT2D eigenvalue weighted by molar-refractivity contribution is 4.97. The predicted molar refractivity (Wildman–Crippen MR) is 39.4 cm³/mol. The van der Waals surface area contributed by atoms with Crippen molar-refractivity contribution in [3.8, 4) is 0 Å². The van der Waals surface area contributed by atoms with Crippen molar-refractivity contribution in [2.75, 3.05) is 0 Å². The highest BCUT2D eigenvalue weighted by Gasteiger charge is 2.61. The van der Waals surface area contributed by atoms with Crippen molar-refractivity contribution in [1.82, 2.24) is 0 Å². The molecule has 1 aliphatic carbocycles. The lowest BCUT2D eigenvalue weighted by Crippen LogP contribution is -2.23. The zero-order chi connectivity index (χ0) is 9.12. The van der Waals surface area contributed by atoms with Gasteiger partial charge in [0.1, 0.15) is 0 Å². The van der Waals surface area contributed by atoms with E-state index in [1.165, 1.54) is 0 Å². The molecule has 0 nitrogen and oxygen atoms in total. The summed E-state index contributed by atoms with van der Waals surface area (Å²) in [6.07, 6.45) is -3.02. The van der Waals surface area contributed by atoms with Gasteiger partial charge in [0.25, 0.3) is 0 Å². The number of halogens is 3. The molecule has 1 aliphatic rings. The van der Waals surface area contributed by atoms with E-state index >= 15 is 0 Å². The van der Waals surface area contributed by atoms with E-state index in [2.05, 4.69) is 0 Å². The quantitative estimate of drug-likeness (QED) is 0.559. The monoisotopic (exact) mass is 168 g/mol. The van der Waals surface area contributed by atoms with Crippen molar-refractivity contribution in [1.29, 1.82) is 0 Å². The molecular formula is C8H15F3. The molecule has 0 aromatic carbocycles. The van der Waals surface area contributed by atoms with Gasteiger partial charge in [0.2, 0.25) is 0 Å². The van der Waals surface area contributed by atoms with Crippen LogP contribution in [0.15, 0.2) is 0 Å². The Hall–Kier alpha value is -0.210. The topological polar surface area (TPSA) is 0 Å². The second-order valence-electron chi connectivity index (χ2n) is 2.63. The van der Waals surface area contributed by atoms with Crippen LogP contribution < -0.4 is 0 Å². The maximum absolute atomic E-state index is 11.9. The van der Waals surface area contributed by atoms with Crippen LogP contribution in [0.2, 0.25) is 0 Å². The Bertz CT molecular complexity index is 111. The maximum Gasteiger partial charge on any atom is 0.394 e. The van der Waals surface area contributed by atoms with Gasteiger partial charge in [-0.2, -0.15) is 13.2 Å². The van der Waals surface area contributed by atoms with Gasteiger partial charge >= 0.3 is 6.18 Å². The third-order valence-electron chi connectivity index (χ3n) is 2.13. The summed E-state index contributed by atoms with van der Waals surface area (Å²) in [5.74, 6) is 0. The molecule has 0 aromatic rings. The summed E-state index contributed by atoms with van der Waals surface area (Å²) in [5, 5.41) is 0. The van der Waals surface area contributed by atoms with E-state index in [4.69, 9.17) is 0 Å². The maximum atomic E-state index is 11.9. The molecular weight excluding hydrogens is 153 g/mol. The highest BCUT2D eigenvalue weighted by atomic mass is 19.4. The van der Waals surface area contributed by atoms with Crippen LogP contribution in [-0.4, -0.2) is 6.18 Å². The molecule has 0 amide bonds. The number of hydrogen-bond acceptors (Lipinski definition) is 0. The van der Waals surface area contributed by atoms with Gasteiger partial charge in [-0.15, -0.1) is 0 Å². The fourth-order valence-corrected chi connectivity index (χ4v) is 0.988. The first-order valence-electron chi connectivity index (χ1n) is 4.08. The van der Waals surface area contributed by atoms with Crippen LogP contribution in [-0.2, 0) is 0 Å². The molecule has 0 spiro atoms. The Morgan fingerprint density at radius 1 is 1.18 bits per heavy atom. The van der Waals surface area contributed by atoms with Gasteiger partial charge in [-0.25, -0.2) is 0 Å². The minimum atomic E-state index is -3.94. The van der Waals surface area contributed by atoms with Gasteiger partial charge < -0.3 is 0 Å². The van der Waals surface area contributed by atoms with Gasteiger partial charge in [-0.3, -0.25) is 0 Å². The summed E-state index contributed by atoms with van der Waals surface area (Å²) < 4.78 is 35.7. The van der Waals surface area contributed by atoms with E-state index in [9.17, 15) is 13.2 Å². The van der Waals surface area contributed by atoms with Crippen molar-refractivity contribution >= 4 is 0 Å². The summed E-state index contributed by atoms with van der Waals surface area (Å²) in [4.78, 5) is 0. The predicted octanol–water partition coefficient (Wildman–Crippen LogP) is 3.77. The van der Waals surface area contributed by atoms with Crippen LogP contribution in [0.5, 0.6) is 0 Å². The van der Waals surface area contributed by atoms with E-state index in [0.717, 1.165) is 0 Å². The van der Waals surface area contributed by atoms with Crippen LogP contribution in [0, 0.1) is 5.41 Å². The zero-order valence-electron chi connectivity index (χ0n) is 7.26. The Morgan fingerprint density at radius 3 is 1.55 bits per heavy atom. The van der Waals surface area contributed by atoms with Crippen LogP contribution >= 0.6 is 0 Å². The molecule has 1 rings (SSSR count). The Morgan fingerprint density at radius 2 is 1.55 bits per heavy atom. The molecule has 0 heterocycles. The first-order chi connectivity index (χ1) is 5.02. The van der Waals surface area contributed by atoms with E-state index in [0.29, 0.717) is 12.8 Å². The fraction of sp³-hybridized carbons (Fsp3) is 1.00. The highest BCUT2D eigenvalue weighted by Crippen LogP contribution is 2.59. The Balaban J connectivity index is 0.000000461. The normalized spacial score (nSPS) is 20.2. The molecule has 0 saturated heterocycles. The lowest BCUT2D eigenvalue weighted by molar-refractivity contribution is -0.187. The summed E-state index contributed by atoms with van der Waals surface area (Å²) in [6.45, 7) is 5.60. The lowest BCUT2D eigenvalue weighted by Gasteiger charge is -2.15. The van der Waals surface area contributed by atoms with Crippen molar-refractivity contribution in [3.05, 3.63) is 0 Å². The number of hydrogen-bond donors (Lipinski definition) is 0. The molecule has 1 saturated carbocycles. The number of alkyl halides is 3. The Labute approximate surface area is 65.8 Å². The largest absolute Gasteiger partial charge is 0.394 e. The minimum Gasteiger partial charge on any atom is -0.171 e. The zero-order valence-corrected chi connectivity index (χ0v) is 7.26. The molecule has 11 heavy (non-hydrogen) atoms. The van der Waals surface area contributed by atoms with E-state index < -0.39 is 11.6 Å².